The highest BCUT2D eigenvalue weighted by Crippen LogP contribution is 2.48. The molecule has 2 heterocycles. The Morgan fingerprint density at radius 1 is 0.565 bits per heavy atom. The second kappa shape index (κ2) is 10.6. The number of fused-ring (bicyclic) bond motifs is 2. The summed E-state index contributed by atoms with van der Waals surface area (Å²) in [6.45, 7) is 7.85. The molecule has 0 aromatic heterocycles. The van der Waals surface area contributed by atoms with Gasteiger partial charge in [0.2, 0.25) is 0 Å². The number of rotatable bonds is 8. The lowest BCUT2D eigenvalue weighted by molar-refractivity contribution is 0.0527. The summed E-state index contributed by atoms with van der Waals surface area (Å²) in [5.74, 6) is -1.64. The van der Waals surface area contributed by atoms with Gasteiger partial charge in [-0.2, -0.15) is 10.5 Å². The van der Waals surface area contributed by atoms with E-state index in [0.29, 0.717) is 67.1 Å². The summed E-state index contributed by atoms with van der Waals surface area (Å²) in [6.07, 6.45) is 4.94. The summed E-state index contributed by atoms with van der Waals surface area (Å²) in [7, 11) is 0. The molecule has 0 N–H and O–H groups in total. The number of unbranched alkanes of at least 4 members (excludes halogenated alkanes) is 2. The van der Waals surface area contributed by atoms with Crippen molar-refractivity contribution in [3.05, 3.63) is 69.8 Å². The fourth-order valence-electron chi connectivity index (χ4n) is 7.74. The summed E-state index contributed by atoms with van der Waals surface area (Å²) in [4.78, 5) is 58.5. The fraction of sp³-hybridized carbons (Fsp3) is 0.316. The first-order chi connectivity index (χ1) is 22.2. The van der Waals surface area contributed by atoms with Crippen LogP contribution in [0.5, 0.6) is 0 Å². The SMILES string of the molecule is CCCC[C@@H](C)N1C(=O)c2ccc3c4c(C#N)cc5c6c(ccc(c7c(C#N)cc(c2c37)C1=O)c64)C(=O)N([C@H](C)CCCC)C5=O. The lowest BCUT2D eigenvalue weighted by atomic mass is 9.79. The second-order valence-electron chi connectivity index (χ2n) is 12.7. The molecule has 7 rings (SSSR count). The number of nitrogens with zero attached hydrogens (tertiary/aromatic N) is 4. The number of hydrogen-bond acceptors (Lipinski definition) is 6. The van der Waals surface area contributed by atoms with Crippen LogP contribution in [-0.2, 0) is 0 Å². The number of carbonyl (C=O) groups excluding carboxylic acids is 4. The van der Waals surface area contributed by atoms with Crippen LogP contribution in [0, 0.1) is 22.7 Å². The van der Waals surface area contributed by atoms with Crippen molar-refractivity contribution in [3.8, 4) is 12.1 Å². The van der Waals surface area contributed by atoms with Crippen molar-refractivity contribution in [1.82, 2.24) is 9.80 Å². The summed E-state index contributed by atoms with van der Waals surface area (Å²) >= 11 is 0. The van der Waals surface area contributed by atoms with Gasteiger partial charge in [0.1, 0.15) is 0 Å². The molecule has 228 valence electrons. The van der Waals surface area contributed by atoms with Gasteiger partial charge >= 0.3 is 0 Å². The normalized spacial score (nSPS) is 15.8. The van der Waals surface area contributed by atoms with Crippen molar-refractivity contribution in [3.63, 3.8) is 0 Å². The van der Waals surface area contributed by atoms with Gasteiger partial charge in [0.15, 0.2) is 0 Å². The van der Waals surface area contributed by atoms with Crippen molar-refractivity contribution in [2.75, 3.05) is 0 Å². The zero-order valence-electron chi connectivity index (χ0n) is 26.3. The zero-order valence-corrected chi connectivity index (χ0v) is 26.3. The van der Waals surface area contributed by atoms with Crippen molar-refractivity contribution >= 4 is 66.7 Å². The van der Waals surface area contributed by atoms with Gasteiger partial charge in [-0.1, -0.05) is 51.7 Å². The van der Waals surface area contributed by atoms with Gasteiger partial charge in [-0.05, 0) is 61.7 Å². The quantitative estimate of drug-likeness (QED) is 0.101. The van der Waals surface area contributed by atoms with Gasteiger partial charge in [-0.25, -0.2) is 0 Å². The molecule has 8 heteroatoms. The standard InChI is InChI=1S/C38H32N4O4/c1-5-7-9-19(3)41-35(43)25-13-11-23-30-22(18-40)16-28-32-26(36(44)42(38(28)46)20(4)10-8-6-2)14-12-24(34(30)32)29-21(17-39)15-27(37(41)45)31(25)33(23)29/h11-16,19-20H,5-10H2,1-4H3/t19-,20-/m1/s1. The van der Waals surface area contributed by atoms with Crippen molar-refractivity contribution < 1.29 is 19.2 Å². The number of nitriles is 2. The number of amides is 4. The van der Waals surface area contributed by atoms with Crippen LogP contribution >= 0.6 is 0 Å². The van der Waals surface area contributed by atoms with Crippen LogP contribution in [0.3, 0.4) is 0 Å². The second-order valence-corrected chi connectivity index (χ2v) is 12.7. The maximum atomic E-state index is 14.0. The maximum absolute atomic E-state index is 14.0. The zero-order chi connectivity index (χ0) is 32.6. The van der Waals surface area contributed by atoms with E-state index in [4.69, 9.17) is 0 Å². The van der Waals surface area contributed by atoms with Gasteiger partial charge < -0.3 is 0 Å². The monoisotopic (exact) mass is 608 g/mol. The van der Waals surface area contributed by atoms with Gasteiger partial charge in [-0.15, -0.1) is 0 Å². The van der Waals surface area contributed by atoms with E-state index >= 15 is 0 Å². The molecule has 0 fully saturated rings. The van der Waals surface area contributed by atoms with E-state index in [9.17, 15) is 29.7 Å². The predicted octanol–water partition coefficient (Wildman–Crippen LogP) is 7.83. The Morgan fingerprint density at radius 2 is 0.935 bits per heavy atom. The molecule has 2 atom stereocenters. The molecule has 0 spiro atoms. The van der Waals surface area contributed by atoms with Crippen LogP contribution in [-0.4, -0.2) is 45.5 Å². The van der Waals surface area contributed by atoms with E-state index in [1.165, 1.54) is 9.80 Å². The van der Waals surface area contributed by atoms with E-state index in [-0.39, 0.29) is 46.2 Å². The third kappa shape index (κ3) is 3.77. The first-order valence-electron chi connectivity index (χ1n) is 16.0. The first kappa shape index (κ1) is 29.4. The van der Waals surface area contributed by atoms with Crippen LogP contribution in [0.1, 0.15) is 119 Å². The van der Waals surface area contributed by atoms with E-state index in [1.54, 1.807) is 36.4 Å². The average Bonchev–Trinajstić information content (AvgIpc) is 3.06. The topological polar surface area (TPSA) is 122 Å². The molecule has 46 heavy (non-hydrogen) atoms. The molecule has 8 nitrogen and oxygen atoms in total. The third-order valence-corrected chi connectivity index (χ3v) is 9.97. The molecular formula is C38H32N4O4. The molecule has 0 bridgehead atoms. The fourth-order valence-corrected chi connectivity index (χ4v) is 7.74. The molecule has 5 aromatic rings. The molecule has 0 saturated carbocycles. The minimum absolute atomic E-state index is 0.248. The Kier molecular flexibility index (Phi) is 6.79. The van der Waals surface area contributed by atoms with Crippen LogP contribution in [0.15, 0.2) is 36.4 Å². The molecule has 2 aliphatic rings. The molecule has 0 aliphatic carbocycles. The molecule has 2 aliphatic heterocycles. The van der Waals surface area contributed by atoms with Crippen molar-refractivity contribution in [2.24, 2.45) is 0 Å². The Labute approximate surface area is 266 Å². The van der Waals surface area contributed by atoms with Crippen molar-refractivity contribution in [2.45, 2.75) is 78.3 Å². The Balaban J connectivity index is 1.59. The minimum atomic E-state index is -0.439. The van der Waals surface area contributed by atoms with E-state index < -0.39 is 11.8 Å². The predicted molar refractivity (Wildman–Crippen MR) is 176 cm³/mol. The van der Waals surface area contributed by atoms with E-state index in [0.717, 1.165) is 25.7 Å². The molecule has 0 radical (unpaired) electrons. The maximum Gasteiger partial charge on any atom is 0.261 e. The Bertz CT molecular complexity index is 2130. The largest absolute Gasteiger partial charge is 0.272 e. The van der Waals surface area contributed by atoms with Gasteiger partial charge in [0.05, 0.1) is 34.4 Å². The molecule has 5 aromatic carbocycles. The lowest BCUT2D eigenvalue weighted by Gasteiger charge is -2.34. The van der Waals surface area contributed by atoms with Gasteiger partial charge in [-0.3, -0.25) is 29.0 Å². The first-order valence-corrected chi connectivity index (χ1v) is 16.0. The molecule has 4 amide bonds. The van der Waals surface area contributed by atoms with Crippen LogP contribution < -0.4 is 0 Å². The van der Waals surface area contributed by atoms with Crippen LogP contribution in [0.4, 0.5) is 0 Å². The number of benzene rings is 5. The average molecular weight is 609 g/mol. The lowest BCUT2D eigenvalue weighted by Crippen LogP contribution is -2.46. The molecule has 0 saturated heterocycles. The van der Waals surface area contributed by atoms with E-state index in [1.807, 2.05) is 13.8 Å². The highest BCUT2D eigenvalue weighted by Gasteiger charge is 2.40. The van der Waals surface area contributed by atoms with Crippen molar-refractivity contribution in [1.29, 1.82) is 10.5 Å². The van der Waals surface area contributed by atoms with E-state index in [2.05, 4.69) is 26.0 Å². The number of imide groups is 2. The van der Waals surface area contributed by atoms with Crippen LogP contribution in [0.2, 0.25) is 0 Å². The van der Waals surface area contributed by atoms with Gasteiger partial charge in [0.25, 0.3) is 23.6 Å². The Hall–Kier alpha value is -5.34. The molecule has 0 unspecified atom stereocenters. The third-order valence-electron chi connectivity index (χ3n) is 9.97. The highest BCUT2D eigenvalue weighted by atomic mass is 16.2. The molecular weight excluding hydrogens is 576 g/mol. The summed E-state index contributed by atoms with van der Waals surface area (Å²) in [5, 5.41) is 25.2. The highest BCUT2D eigenvalue weighted by molar-refractivity contribution is 6.42. The van der Waals surface area contributed by atoms with Gasteiger partial charge in [0, 0.05) is 55.5 Å². The summed E-state index contributed by atoms with van der Waals surface area (Å²) in [6, 6.07) is 14.0. The Morgan fingerprint density at radius 3 is 1.28 bits per heavy atom. The number of carbonyl (C=O) groups is 4. The number of hydrogen-bond donors (Lipinski definition) is 0. The summed E-state index contributed by atoms with van der Waals surface area (Å²) in [5.41, 5.74) is 1.80. The summed E-state index contributed by atoms with van der Waals surface area (Å²) < 4.78 is 0. The van der Waals surface area contributed by atoms with Crippen LogP contribution in [0.25, 0.3) is 43.1 Å². The minimum Gasteiger partial charge on any atom is -0.272 e. The smallest absolute Gasteiger partial charge is 0.261 e.